The van der Waals surface area contributed by atoms with Crippen molar-refractivity contribution in [2.45, 2.75) is 19.4 Å². The van der Waals surface area contributed by atoms with Crippen molar-refractivity contribution in [2.24, 2.45) is 0 Å². The SMILES string of the molecule is CCOc1ccc(Cl)cc1C(c1cccc(OC)c1)N1CCCNCC1. The van der Waals surface area contributed by atoms with Gasteiger partial charge in [-0.3, -0.25) is 4.90 Å². The smallest absolute Gasteiger partial charge is 0.124 e. The second-order valence-corrected chi connectivity index (χ2v) is 6.87. The summed E-state index contributed by atoms with van der Waals surface area (Å²) < 4.78 is 11.4. The summed E-state index contributed by atoms with van der Waals surface area (Å²) in [6, 6.07) is 14.3. The Hall–Kier alpha value is -1.75. The molecule has 0 spiro atoms. The highest BCUT2D eigenvalue weighted by atomic mass is 35.5. The first-order chi connectivity index (χ1) is 12.7. The third kappa shape index (κ3) is 4.50. The molecule has 1 aliphatic rings. The van der Waals surface area contributed by atoms with Crippen LogP contribution in [0.4, 0.5) is 0 Å². The lowest BCUT2D eigenvalue weighted by molar-refractivity contribution is 0.233. The summed E-state index contributed by atoms with van der Waals surface area (Å²) in [6.45, 7) is 6.66. The highest BCUT2D eigenvalue weighted by Crippen LogP contribution is 2.37. The second kappa shape index (κ2) is 9.26. The van der Waals surface area contributed by atoms with Crippen LogP contribution in [0.15, 0.2) is 42.5 Å². The van der Waals surface area contributed by atoms with Crippen molar-refractivity contribution in [3.8, 4) is 11.5 Å². The van der Waals surface area contributed by atoms with Crippen molar-refractivity contribution in [2.75, 3.05) is 39.9 Å². The van der Waals surface area contributed by atoms with Crippen LogP contribution in [0.5, 0.6) is 11.5 Å². The average Bonchev–Trinajstić information content (AvgIpc) is 2.94. The summed E-state index contributed by atoms with van der Waals surface area (Å²) in [6.07, 6.45) is 1.12. The first-order valence-corrected chi connectivity index (χ1v) is 9.61. The van der Waals surface area contributed by atoms with Crippen molar-refractivity contribution >= 4 is 11.6 Å². The van der Waals surface area contributed by atoms with Crippen LogP contribution in [0.25, 0.3) is 0 Å². The molecule has 0 bridgehead atoms. The van der Waals surface area contributed by atoms with Crippen LogP contribution in [0, 0.1) is 0 Å². The van der Waals surface area contributed by atoms with E-state index in [0.29, 0.717) is 6.61 Å². The topological polar surface area (TPSA) is 33.7 Å². The maximum atomic E-state index is 6.37. The summed E-state index contributed by atoms with van der Waals surface area (Å²) in [5.41, 5.74) is 2.30. The lowest BCUT2D eigenvalue weighted by atomic mass is 9.95. The van der Waals surface area contributed by atoms with Crippen molar-refractivity contribution in [1.29, 1.82) is 0 Å². The predicted molar refractivity (Wildman–Crippen MR) is 107 cm³/mol. The van der Waals surface area contributed by atoms with Gasteiger partial charge in [0, 0.05) is 30.2 Å². The van der Waals surface area contributed by atoms with Gasteiger partial charge in [0.2, 0.25) is 0 Å². The molecule has 0 saturated carbocycles. The molecule has 2 aromatic rings. The zero-order chi connectivity index (χ0) is 18.4. The summed E-state index contributed by atoms with van der Waals surface area (Å²) >= 11 is 6.37. The largest absolute Gasteiger partial charge is 0.497 e. The minimum absolute atomic E-state index is 0.0743. The highest BCUT2D eigenvalue weighted by molar-refractivity contribution is 6.30. The monoisotopic (exact) mass is 374 g/mol. The second-order valence-electron chi connectivity index (χ2n) is 6.43. The Labute approximate surface area is 161 Å². The summed E-state index contributed by atoms with van der Waals surface area (Å²) in [5.74, 6) is 1.75. The standard InChI is InChI=1S/C21H27ClN2O2/c1-3-26-20-9-8-17(22)15-19(20)21(24-12-5-10-23-11-13-24)16-6-4-7-18(14-16)25-2/h4,6-9,14-15,21,23H,3,5,10-13H2,1-2H3. The van der Waals surface area contributed by atoms with E-state index in [1.54, 1.807) is 7.11 Å². The molecule has 1 unspecified atom stereocenters. The van der Waals surface area contributed by atoms with Gasteiger partial charge in [0.1, 0.15) is 11.5 Å². The number of ether oxygens (including phenoxy) is 2. The van der Waals surface area contributed by atoms with Gasteiger partial charge in [-0.15, -0.1) is 0 Å². The van der Waals surface area contributed by atoms with E-state index in [4.69, 9.17) is 21.1 Å². The molecule has 1 atom stereocenters. The summed E-state index contributed by atoms with van der Waals surface area (Å²) in [5, 5.41) is 4.21. The van der Waals surface area contributed by atoms with Gasteiger partial charge in [-0.25, -0.2) is 0 Å². The third-order valence-corrected chi connectivity index (χ3v) is 4.95. The quantitative estimate of drug-likeness (QED) is 0.824. The molecule has 3 rings (SSSR count). The molecule has 140 valence electrons. The van der Waals surface area contributed by atoms with Gasteiger partial charge < -0.3 is 14.8 Å². The van der Waals surface area contributed by atoms with Crippen LogP contribution in [0.1, 0.15) is 30.5 Å². The molecule has 4 nitrogen and oxygen atoms in total. The lowest BCUT2D eigenvalue weighted by Crippen LogP contribution is -2.33. The minimum Gasteiger partial charge on any atom is -0.497 e. The van der Waals surface area contributed by atoms with Gasteiger partial charge in [0.15, 0.2) is 0 Å². The van der Waals surface area contributed by atoms with Crippen molar-refractivity contribution in [3.63, 3.8) is 0 Å². The van der Waals surface area contributed by atoms with E-state index in [-0.39, 0.29) is 6.04 Å². The molecular weight excluding hydrogens is 348 g/mol. The van der Waals surface area contributed by atoms with E-state index in [0.717, 1.165) is 54.7 Å². The Bertz CT molecular complexity index is 715. The molecule has 26 heavy (non-hydrogen) atoms. The van der Waals surface area contributed by atoms with Gasteiger partial charge in [0.25, 0.3) is 0 Å². The molecular formula is C21H27ClN2O2. The van der Waals surface area contributed by atoms with Gasteiger partial charge in [-0.2, -0.15) is 0 Å². The maximum Gasteiger partial charge on any atom is 0.124 e. The van der Waals surface area contributed by atoms with Crippen LogP contribution >= 0.6 is 11.6 Å². The molecule has 1 aliphatic heterocycles. The fraction of sp³-hybridized carbons (Fsp3) is 0.429. The number of nitrogens with one attached hydrogen (secondary N) is 1. The fourth-order valence-electron chi connectivity index (χ4n) is 3.54. The molecule has 0 radical (unpaired) electrons. The van der Waals surface area contributed by atoms with Crippen molar-refractivity contribution in [1.82, 2.24) is 10.2 Å². The predicted octanol–water partition coefficient (Wildman–Crippen LogP) is 4.13. The van der Waals surface area contributed by atoms with E-state index in [1.165, 1.54) is 5.56 Å². The Balaban J connectivity index is 2.09. The zero-order valence-electron chi connectivity index (χ0n) is 15.5. The summed E-state index contributed by atoms with van der Waals surface area (Å²) in [4.78, 5) is 2.50. The van der Waals surface area contributed by atoms with E-state index in [1.807, 2.05) is 37.3 Å². The maximum absolute atomic E-state index is 6.37. The number of methoxy groups -OCH3 is 1. The van der Waals surface area contributed by atoms with E-state index in [9.17, 15) is 0 Å². The molecule has 1 fully saturated rings. The van der Waals surface area contributed by atoms with Crippen LogP contribution in [0.2, 0.25) is 5.02 Å². The minimum atomic E-state index is 0.0743. The molecule has 1 heterocycles. The molecule has 5 heteroatoms. The fourth-order valence-corrected chi connectivity index (χ4v) is 3.72. The Morgan fingerprint density at radius 3 is 2.85 bits per heavy atom. The highest BCUT2D eigenvalue weighted by Gasteiger charge is 2.26. The van der Waals surface area contributed by atoms with Crippen molar-refractivity contribution < 1.29 is 9.47 Å². The van der Waals surface area contributed by atoms with E-state index < -0.39 is 0 Å². The van der Waals surface area contributed by atoms with Gasteiger partial charge in [-0.1, -0.05) is 23.7 Å². The molecule has 1 saturated heterocycles. The number of hydrogen-bond donors (Lipinski definition) is 1. The Kier molecular flexibility index (Phi) is 6.78. The number of benzene rings is 2. The first kappa shape index (κ1) is 19.0. The lowest BCUT2D eigenvalue weighted by Gasteiger charge is -2.32. The van der Waals surface area contributed by atoms with Crippen LogP contribution in [-0.4, -0.2) is 44.8 Å². The first-order valence-electron chi connectivity index (χ1n) is 9.24. The molecule has 0 amide bonds. The average molecular weight is 375 g/mol. The normalized spacial score (nSPS) is 16.7. The summed E-state index contributed by atoms with van der Waals surface area (Å²) in [7, 11) is 1.70. The van der Waals surface area contributed by atoms with E-state index >= 15 is 0 Å². The zero-order valence-corrected chi connectivity index (χ0v) is 16.3. The number of rotatable bonds is 6. The van der Waals surface area contributed by atoms with Crippen LogP contribution in [-0.2, 0) is 0 Å². The third-order valence-electron chi connectivity index (χ3n) is 4.72. The number of hydrogen-bond acceptors (Lipinski definition) is 4. The Morgan fingerprint density at radius 1 is 1.15 bits per heavy atom. The van der Waals surface area contributed by atoms with Gasteiger partial charge >= 0.3 is 0 Å². The van der Waals surface area contributed by atoms with Crippen LogP contribution < -0.4 is 14.8 Å². The molecule has 1 N–H and O–H groups in total. The van der Waals surface area contributed by atoms with E-state index in [2.05, 4.69) is 22.3 Å². The van der Waals surface area contributed by atoms with Gasteiger partial charge in [-0.05, 0) is 55.8 Å². The molecule has 0 aliphatic carbocycles. The Morgan fingerprint density at radius 2 is 2.04 bits per heavy atom. The van der Waals surface area contributed by atoms with Gasteiger partial charge in [0.05, 0.1) is 19.8 Å². The number of nitrogens with zero attached hydrogens (tertiary/aromatic N) is 1. The van der Waals surface area contributed by atoms with Crippen molar-refractivity contribution in [3.05, 3.63) is 58.6 Å². The van der Waals surface area contributed by atoms with Crippen LogP contribution in [0.3, 0.4) is 0 Å². The molecule has 2 aromatic carbocycles. The number of halogens is 1. The molecule has 0 aromatic heterocycles.